The lowest BCUT2D eigenvalue weighted by molar-refractivity contribution is 0.102. The van der Waals surface area contributed by atoms with E-state index in [2.05, 4.69) is 35.5 Å². The highest BCUT2D eigenvalue weighted by atomic mass is 35.5. The quantitative estimate of drug-likeness (QED) is 0.0750. The molecule has 68 heavy (non-hydrogen) atoms. The summed E-state index contributed by atoms with van der Waals surface area (Å²) in [5.74, 6) is -0.906. The number of methoxy groups -OCH3 is 2. The van der Waals surface area contributed by atoms with E-state index in [0.29, 0.717) is 70.6 Å². The SMILES string of the molecule is COc1ccc(F)cc1C(=O)c1cnc(NC2CCN(S(=O)(=O)CCCCl)CC2)nc1N.COc1ccc(F)cc1C(=O)c1cnc(NC2CCN(S(=O)(=O)CCCN3CCCC3)CC2)nc1N. The summed E-state index contributed by atoms with van der Waals surface area (Å²) in [6.45, 7) is 4.59. The molecule has 0 amide bonds. The zero-order chi connectivity index (χ0) is 49.0. The first-order chi connectivity index (χ1) is 32.5. The van der Waals surface area contributed by atoms with Crippen LogP contribution in [0.25, 0.3) is 0 Å². The van der Waals surface area contributed by atoms with Crippen LogP contribution in [-0.2, 0) is 20.0 Å². The number of anilines is 4. The number of ketones is 2. The van der Waals surface area contributed by atoms with E-state index in [0.717, 1.165) is 31.8 Å². The van der Waals surface area contributed by atoms with Crippen molar-refractivity contribution in [3.63, 3.8) is 0 Å². The van der Waals surface area contributed by atoms with Crippen molar-refractivity contribution in [3.8, 4) is 11.5 Å². The first kappa shape index (κ1) is 52.0. The zero-order valence-corrected chi connectivity index (χ0v) is 40.4. The van der Waals surface area contributed by atoms with Crippen molar-refractivity contribution in [2.24, 2.45) is 0 Å². The van der Waals surface area contributed by atoms with Crippen molar-refractivity contribution in [3.05, 3.63) is 82.7 Å². The Bertz CT molecular complexity index is 2620. The highest BCUT2D eigenvalue weighted by molar-refractivity contribution is 7.89. The molecule has 0 bridgehead atoms. The number of ether oxygens (including phenoxy) is 2. The molecule has 4 aromatic rings. The Morgan fingerprint density at radius 3 is 1.47 bits per heavy atom. The van der Waals surface area contributed by atoms with Crippen molar-refractivity contribution in [2.75, 3.05) is 99.5 Å². The number of benzene rings is 2. The summed E-state index contributed by atoms with van der Waals surface area (Å²) in [5.41, 5.74) is 12.1. The number of sulfonamides is 2. The van der Waals surface area contributed by atoms with E-state index < -0.39 is 43.2 Å². The lowest BCUT2D eigenvalue weighted by Crippen LogP contribution is -2.43. The number of hydrogen-bond acceptors (Lipinski definition) is 17. The molecule has 3 saturated heterocycles. The number of piperidine rings is 2. The van der Waals surface area contributed by atoms with Gasteiger partial charge in [0, 0.05) is 56.5 Å². The Morgan fingerprint density at radius 2 is 1.09 bits per heavy atom. The van der Waals surface area contributed by atoms with E-state index in [1.807, 2.05) is 0 Å². The van der Waals surface area contributed by atoms with E-state index in [4.69, 9.17) is 32.5 Å². The second-order valence-corrected chi connectivity index (χ2v) is 21.1. The first-order valence-corrected chi connectivity index (χ1v) is 26.1. The molecule has 3 aliphatic rings. The van der Waals surface area contributed by atoms with E-state index in [-0.39, 0.29) is 80.9 Å². The van der Waals surface area contributed by atoms with Gasteiger partial charge in [0.1, 0.15) is 34.8 Å². The van der Waals surface area contributed by atoms with Gasteiger partial charge in [-0.3, -0.25) is 9.59 Å². The Morgan fingerprint density at radius 1 is 0.676 bits per heavy atom. The monoisotopic (exact) mass is 1010 g/mol. The molecule has 370 valence electrons. The number of alkyl halides is 1. The minimum atomic E-state index is -3.30. The van der Waals surface area contributed by atoms with Gasteiger partial charge in [0.25, 0.3) is 0 Å². The van der Waals surface area contributed by atoms with Crippen LogP contribution >= 0.6 is 11.6 Å². The number of rotatable bonds is 19. The summed E-state index contributed by atoms with van der Waals surface area (Å²) < 4.78 is 90.7. The molecule has 6 N–H and O–H groups in total. The van der Waals surface area contributed by atoms with Crippen molar-refractivity contribution in [1.29, 1.82) is 0 Å². The molecule has 0 atom stereocenters. The average molecular weight is 1010 g/mol. The fourth-order valence-electron chi connectivity index (χ4n) is 8.18. The van der Waals surface area contributed by atoms with Gasteiger partial charge in [0.15, 0.2) is 0 Å². The van der Waals surface area contributed by atoms with E-state index in [1.165, 1.54) is 68.0 Å². The largest absolute Gasteiger partial charge is 0.496 e. The topological polar surface area (TPSA) is 258 Å². The van der Waals surface area contributed by atoms with Gasteiger partial charge in [-0.25, -0.2) is 44.2 Å². The number of nitrogens with two attached hydrogens (primary N) is 2. The summed E-state index contributed by atoms with van der Waals surface area (Å²) in [5, 5.41) is 6.32. The van der Waals surface area contributed by atoms with Crippen molar-refractivity contribution in [2.45, 2.75) is 63.5 Å². The van der Waals surface area contributed by atoms with Crippen LogP contribution in [0.2, 0.25) is 0 Å². The number of carbonyl (C=O) groups is 2. The third kappa shape index (κ3) is 13.7. The van der Waals surface area contributed by atoms with E-state index >= 15 is 0 Å². The predicted molar refractivity (Wildman–Crippen MR) is 255 cm³/mol. The fraction of sp³-hybridized carbons (Fsp3) is 0.500. The molecular weight excluding hydrogens is 948 g/mol. The van der Waals surface area contributed by atoms with Gasteiger partial charge in [-0.15, -0.1) is 11.6 Å². The lowest BCUT2D eigenvalue weighted by atomic mass is 10.0. The maximum Gasteiger partial charge on any atom is 0.224 e. The number of nitrogens with one attached hydrogen (secondary N) is 2. The number of nitrogens with zero attached hydrogens (tertiary/aromatic N) is 7. The van der Waals surface area contributed by atoms with Gasteiger partial charge >= 0.3 is 0 Å². The Balaban J connectivity index is 0.000000226. The van der Waals surface area contributed by atoms with E-state index in [1.54, 1.807) is 4.31 Å². The van der Waals surface area contributed by atoms with Gasteiger partial charge in [0.2, 0.25) is 43.5 Å². The highest BCUT2D eigenvalue weighted by Gasteiger charge is 2.30. The average Bonchev–Trinajstić information content (AvgIpc) is 3.85. The Labute approximate surface area is 400 Å². The van der Waals surface area contributed by atoms with Gasteiger partial charge in [0.05, 0.1) is 48.0 Å². The maximum atomic E-state index is 13.7. The van der Waals surface area contributed by atoms with Gasteiger partial charge < -0.3 is 36.5 Å². The molecule has 0 unspecified atom stereocenters. The van der Waals surface area contributed by atoms with Gasteiger partial charge in [-0.2, -0.15) is 9.97 Å². The molecule has 0 radical (unpaired) electrons. The number of carbonyl (C=O) groups excluding carboxylic acids is 2. The van der Waals surface area contributed by atoms with Crippen LogP contribution in [0.3, 0.4) is 0 Å². The molecule has 5 heterocycles. The van der Waals surface area contributed by atoms with Crippen LogP contribution < -0.4 is 31.6 Å². The maximum absolute atomic E-state index is 13.7. The summed E-state index contributed by atoms with van der Waals surface area (Å²) in [6, 6.07) is 7.21. The molecule has 2 aromatic heterocycles. The number of likely N-dealkylation sites (tertiary alicyclic amines) is 1. The van der Waals surface area contributed by atoms with Crippen LogP contribution in [0.4, 0.5) is 32.3 Å². The third-order valence-corrected chi connectivity index (χ3v) is 16.1. The number of nitrogen functional groups attached to an aromatic ring is 2. The minimum absolute atomic E-state index is 0.0197. The number of hydrogen-bond donors (Lipinski definition) is 4. The third-order valence-electron chi connectivity index (χ3n) is 11.9. The standard InChI is InChI=1S/C24H33FN6O4S.C20H25ClFN5O4S/c1-35-21-6-5-17(25)15-19(21)22(32)20-16-27-24(29-23(20)26)28-18-7-12-31(13-8-18)36(33,34)14-4-11-30-9-2-3-10-30;1-31-17-4-3-13(22)11-15(17)18(28)16-12-24-20(26-19(16)23)25-14-5-8-27(9-6-14)32(29,30)10-2-7-21/h5-6,15-16,18H,2-4,7-14H2,1H3,(H3,26,27,28,29);3-4,11-12,14H,2,5-10H2,1H3,(H3,23,24,25,26). The summed E-state index contributed by atoms with van der Waals surface area (Å²) in [4.78, 5) is 44.7. The number of aromatic nitrogens is 4. The smallest absolute Gasteiger partial charge is 0.224 e. The minimum Gasteiger partial charge on any atom is -0.496 e. The summed E-state index contributed by atoms with van der Waals surface area (Å²) in [6.07, 6.45) is 8.41. The molecule has 0 spiro atoms. The Kier molecular flexibility index (Phi) is 18.2. The van der Waals surface area contributed by atoms with Crippen LogP contribution in [0.1, 0.15) is 83.2 Å². The van der Waals surface area contributed by atoms with Crippen LogP contribution in [-0.4, -0.2) is 151 Å². The lowest BCUT2D eigenvalue weighted by Gasteiger charge is -2.31. The Hall–Kier alpha value is -5.33. The molecule has 3 fully saturated rings. The molecule has 7 rings (SSSR count). The van der Waals surface area contributed by atoms with Crippen LogP contribution in [0.5, 0.6) is 11.5 Å². The molecule has 3 aliphatic heterocycles. The normalized spacial score (nSPS) is 16.7. The molecule has 24 heteroatoms. The van der Waals surface area contributed by atoms with E-state index in [9.17, 15) is 35.2 Å². The van der Waals surface area contributed by atoms with Crippen molar-refractivity contribution < 1.29 is 44.7 Å². The second kappa shape index (κ2) is 23.8. The molecule has 0 aliphatic carbocycles. The molecule has 19 nitrogen and oxygen atoms in total. The number of halogens is 3. The zero-order valence-electron chi connectivity index (χ0n) is 38.0. The highest BCUT2D eigenvalue weighted by Crippen LogP contribution is 2.27. The van der Waals surface area contributed by atoms with Crippen molar-refractivity contribution >= 4 is 66.7 Å². The summed E-state index contributed by atoms with van der Waals surface area (Å²) >= 11 is 5.60. The van der Waals surface area contributed by atoms with Crippen LogP contribution in [0, 0.1) is 11.6 Å². The van der Waals surface area contributed by atoms with Crippen molar-refractivity contribution in [1.82, 2.24) is 33.4 Å². The molecular formula is C44H58ClF2N11O8S2. The predicted octanol–water partition coefficient (Wildman–Crippen LogP) is 4.40. The molecule has 2 aromatic carbocycles. The first-order valence-electron chi connectivity index (χ1n) is 22.3. The van der Waals surface area contributed by atoms with Gasteiger partial charge in [-0.1, -0.05) is 0 Å². The van der Waals surface area contributed by atoms with Gasteiger partial charge in [-0.05, 0) is 107 Å². The van der Waals surface area contributed by atoms with Crippen LogP contribution in [0.15, 0.2) is 48.8 Å². The summed E-state index contributed by atoms with van der Waals surface area (Å²) in [7, 11) is -3.81. The second-order valence-electron chi connectivity index (χ2n) is 16.5. The molecule has 0 saturated carbocycles. The fourth-order valence-corrected chi connectivity index (χ4v) is 11.5.